The minimum absolute atomic E-state index is 0.282. The van der Waals surface area contributed by atoms with Crippen molar-refractivity contribution in [1.82, 2.24) is 20.4 Å². The van der Waals surface area contributed by atoms with E-state index in [4.69, 9.17) is 0 Å². The van der Waals surface area contributed by atoms with Gasteiger partial charge in [-0.25, -0.2) is 0 Å². The van der Waals surface area contributed by atoms with Crippen molar-refractivity contribution in [3.63, 3.8) is 0 Å². The van der Waals surface area contributed by atoms with Gasteiger partial charge < -0.3 is 20.6 Å². The quantitative estimate of drug-likeness (QED) is 0.559. The SMILES string of the molecule is CN1CC[C@@](O)(C#Cc2cccc(NC(=O)c3n[nH]c4c3CNCC4)c2)C1=O. The molecule has 2 aliphatic rings. The van der Waals surface area contributed by atoms with Crippen molar-refractivity contribution in [2.45, 2.75) is 25.0 Å². The number of fused-ring (bicyclic) bond motifs is 1. The third-order valence-corrected chi connectivity index (χ3v) is 5.07. The van der Waals surface area contributed by atoms with Crippen LogP contribution in [-0.4, -0.2) is 57.8 Å². The first-order valence-electron chi connectivity index (χ1n) is 9.16. The van der Waals surface area contributed by atoms with E-state index in [0.717, 1.165) is 24.2 Å². The van der Waals surface area contributed by atoms with E-state index >= 15 is 0 Å². The molecule has 28 heavy (non-hydrogen) atoms. The third-order valence-electron chi connectivity index (χ3n) is 5.07. The normalized spacial score (nSPS) is 21.1. The molecule has 1 aromatic carbocycles. The molecule has 8 heteroatoms. The van der Waals surface area contributed by atoms with Crippen LogP contribution < -0.4 is 10.6 Å². The van der Waals surface area contributed by atoms with Gasteiger partial charge in [0, 0.05) is 62.0 Å². The second kappa shape index (κ2) is 7.11. The monoisotopic (exact) mass is 379 g/mol. The fraction of sp³-hybridized carbons (Fsp3) is 0.350. The summed E-state index contributed by atoms with van der Waals surface area (Å²) in [5.41, 5.74) is 1.79. The number of anilines is 1. The maximum atomic E-state index is 12.6. The molecule has 0 saturated carbocycles. The van der Waals surface area contributed by atoms with Gasteiger partial charge in [-0.15, -0.1) is 0 Å². The van der Waals surface area contributed by atoms with Crippen molar-refractivity contribution in [1.29, 1.82) is 0 Å². The van der Waals surface area contributed by atoms with Gasteiger partial charge in [0.1, 0.15) is 0 Å². The van der Waals surface area contributed by atoms with E-state index in [1.165, 1.54) is 4.90 Å². The zero-order valence-corrected chi connectivity index (χ0v) is 15.5. The molecule has 0 radical (unpaired) electrons. The zero-order chi connectivity index (χ0) is 19.7. The van der Waals surface area contributed by atoms with E-state index < -0.39 is 5.60 Å². The number of hydrogen-bond acceptors (Lipinski definition) is 5. The number of nitrogens with one attached hydrogen (secondary N) is 3. The van der Waals surface area contributed by atoms with Crippen molar-refractivity contribution in [2.75, 3.05) is 25.5 Å². The fourth-order valence-corrected chi connectivity index (χ4v) is 3.42. The van der Waals surface area contributed by atoms with Crippen LogP contribution in [0.15, 0.2) is 24.3 Å². The van der Waals surface area contributed by atoms with Gasteiger partial charge >= 0.3 is 0 Å². The first-order valence-corrected chi connectivity index (χ1v) is 9.16. The molecule has 1 atom stereocenters. The smallest absolute Gasteiger partial charge is 0.276 e. The lowest BCUT2D eigenvalue weighted by Gasteiger charge is -2.13. The predicted molar refractivity (Wildman–Crippen MR) is 102 cm³/mol. The molecule has 144 valence electrons. The molecule has 0 aliphatic carbocycles. The number of likely N-dealkylation sites (tertiary alicyclic amines) is 1. The van der Waals surface area contributed by atoms with Gasteiger partial charge in [0.2, 0.25) is 5.60 Å². The van der Waals surface area contributed by atoms with E-state index in [2.05, 4.69) is 32.7 Å². The van der Waals surface area contributed by atoms with Crippen LogP contribution >= 0.6 is 0 Å². The van der Waals surface area contributed by atoms with Crippen LogP contribution in [0.2, 0.25) is 0 Å². The molecular formula is C20H21N5O3. The Morgan fingerprint density at radius 1 is 1.43 bits per heavy atom. The second-order valence-corrected chi connectivity index (χ2v) is 7.08. The van der Waals surface area contributed by atoms with Gasteiger partial charge in [0.25, 0.3) is 11.8 Å². The number of nitrogens with zero attached hydrogens (tertiary/aromatic N) is 2. The minimum atomic E-state index is -1.64. The summed E-state index contributed by atoms with van der Waals surface area (Å²) in [4.78, 5) is 26.1. The van der Waals surface area contributed by atoms with Gasteiger partial charge in [-0.1, -0.05) is 17.9 Å². The second-order valence-electron chi connectivity index (χ2n) is 7.08. The lowest BCUT2D eigenvalue weighted by molar-refractivity contribution is -0.137. The maximum Gasteiger partial charge on any atom is 0.276 e. The van der Waals surface area contributed by atoms with Crippen LogP contribution in [0, 0.1) is 11.8 Å². The van der Waals surface area contributed by atoms with Gasteiger partial charge in [0.05, 0.1) is 0 Å². The Balaban J connectivity index is 1.51. The first kappa shape index (κ1) is 18.2. The number of hydrogen-bond donors (Lipinski definition) is 4. The van der Waals surface area contributed by atoms with Crippen molar-refractivity contribution in [2.24, 2.45) is 0 Å². The summed E-state index contributed by atoms with van der Waals surface area (Å²) in [5, 5.41) is 23.5. The molecule has 2 aliphatic heterocycles. The number of benzene rings is 1. The van der Waals surface area contributed by atoms with Crippen molar-refractivity contribution < 1.29 is 14.7 Å². The molecule has 8 nitrogen and oxygen atoms in total. The highest BCUT2D eigenvalue weighted by Gasteiger charge is 2.42. The van der Waals surface area contributed by atoms with Gasteiger partial charge in [-0.05, 0) is 18.2 Å². The molecule has 1 aromatic heterocycles. The molecular weight excluding hydrogens is 358 g/mol. The summed E-state index contributed by atoms with van der Waals surface area (Å²) in [6.07, 6.45) is 1.10. The van der Waals surface area contributed by atoms with Crippen LogP contribution in [-0.2, 0) is 17.8 Å². The molecule has 3 heterocycles. The third kappa shape index (κ3) is 3.38. The van der Waals surface area contributed by atoms with Crippen LogP contribution in [0.3, 0.4) is 0 Å². The molecule has 0 unspecified atom stereocenters. The predicted octanol–water partition coefficient (Wildman–Crippen LogP) is 0.252. The number of likely N-dealkylation sites (N-methyl/N-ethyl adjacent to an activating group) is 1. The highest BCUT2D eigenvalue weighted by atomic mass is 16.3. The zero-order valence-electron chi connectivity index (χ0n) is 15.5. The Morgan fingerprint density at radius 2 is 2.29 bits per heavy atom. The standard InChI is InChI=1S/C20H21N5O3/c1-25-10-8-20(28,19(25)27)7-5-13-3-2-4-14(11-13)22-18(26)17-15-12-21-9-6-16(15)23-24-17/h2-4,11,21,28H,6,8-10,12H2,1H3,(H,22,26)(H,23,24)/t20-/m0/s1. The van der Waals surface area contributed by atoms with Gasteiger partial charge in [-0.3, -0.25) is 14.7 Å². The van der Waals surface area contributed by atoms with Gasteiger partial charge in [-0.2, -0.15) is 5.10 Å². The van der Waals surface area contributed by atoms with E-state index in [0.29, 0.717) is 30.0 Å². The first-order chi connectivity index (χ1) is 13.5. The number of carbonyl (C=O) groups excluding carboxylic acids is 2. The Hall–Kier alpha value is -3.15. The number of carbonyl (C=O) groups is 2. The highest BCUT2D eigenvalue weighted by molar-refractivity contribution is 6.04. The Kier molecular flexibility index (Phi) is 4.63. The van der Waals surface area contributed by atoms with E-state index in [9.17, 15) is 14.7 Å². The lowest BCUT2D eigenvalue weighted by atomic mass is 10.0. The Bertz CT molecular complexity index is 1000. The van der Waals surface area contributed by atoms with Crippen molar-refractivity contribution in [3.05, 3.63) is 46.8 Å². The van der Waals surface area contributed by atoms with E-state index in [1.807, 2.05) is 0 Å². The number of aromatic nitrogens is 2. The number of aliphatic hydroxyl groups is 1. The number of H-pyrrole nitrogens is 1. The molecule has 4 rings (SSSR count). The molecule has 4 N–H and O–H groups in total. The fourth-order valence-electron chi connectivity index (χ4n) is 3.42. The van der Waals surface area contributed by atoms with Crippen molar-refractivity contribution >= 4 is 17.5 Å². The summed E-state index contributed by atoms with van der Waals surface area (Å²) < 4.78 is 0. The minimum Gasteiger partial charge on any atom is -0.369 e. The number of rotatable bonds is 2. The average molecular weight is 379 g/mol. The van der Waals surface area contributed by atoms with E-state index in [-0.39, 0.29) is 18.2 Å². The summed E-state index contributed by atoms with van der Waals surface area (Å²) in [6.45, 7) is 1.95. The topological polar surface area (TPSA) is 110 Å². The molecule has 1 saturated heterocycles. The largest absolute Gasteiger partial charge is 0.369 e. The van der Waals surface area contributed by atoms with Gasteiger partial charge in [0.15, 0.2) is 5.69 Å². The molecule has 2 aromatic rings. The summed E-state index contributed by atoms with van der Waals surface area (Å²) in [5.74, 6) is 4.84. The Labute approximate surface area is 162 Å². The average Bonchev–Trinajstić information content (AvgIpc) is 3.24. The highest BCUT2D eigenvalue weighted by Crippen LogP contribution is 2.21. The lowest BCUT2D eigenvalue weighted by Crippen LogP contribution is -2.37. The van der Waals surface area contributed by atoms with Crippen LogP contribution in [0.4, 0.5) is 5.69 Å². The Morgan fingerprint density at radius 3 is 3.07 bits per heavy atom. The maximum absolute atomic E-state index is 12.6. The number of amides is 2. The van der Waals surface area contributed by atoms with Crippen LogP contribution in [0.5, 0.6) is 0 Å². The van der Waals surface area contributed by atoms with E-state index in [1.54, 1.807) is 31.3 Å². The van der Waals surface area contributed by atoms with Crippen LogP contribution in [0.1, 0.15) is 33.7 Å². The summed E-state index contributed by atoms with van der Waals surface area (Å²) >= 11 is 0. The summed E-state index contributed by atoms with van der Waals surface area (Å²) in [7, 11) is 1.64. The van der Waals surface area contributed by atoms with Crippen LogP contribution in [0.25, 0.3) is 0 Å². The molecule has 0 spiro atoms. The molecule has 0 bridgehead atoms. The number of aromatic amines is 1. The molecule has 2 amide bonds. The van der Waals surface area contributed by atoms with Crippen molar-refractivity contribution in [3.8, 4) is 11.8 Å². The summed E-state index contributed by atoms with van der Waals surface area (Å²) in [6, 6.07) is 6.97. The molecule has 1 fully saturated rings.